The van der Waals surface area contributed by atoms with Crippen LogP contribution in [0.4, 0.5) is 5.69 Å². The van der Waals surface area contributed by atoms with E-state index in [1.54, 1.807) is 18.2 Å². The number of carbonyl (C=O) groups excluding carboxylic acids is 3. The SMILES string of the molecule is CC1(C)CC(N2C(=O)c3cccc(N4CCCC(C(=O)N5CCC(O)(c6ccc(Cl)cc6)CC5)C4)c3C2=O)CCO1. The average molecular weight is 580 g/mol. The fourth-order valence-electron chi connectivity index (χ4n) is 7.10. The van der Waals surface area contributed by atoms with Crippen LogP contribution in [0.25, 0.3) is 0 Å². The summed E-state index contributed by atoms with van der Waals surface area (Å²) in [5, 5.41) is 11.9. The number of halogens is 1. The van der Waals surface area contributed by atoms with Gasteiger partial charge in [-0.25, -0.2) is 0 Å². The Morgan fingerprint density at radius 1 is 1.00 bits per heavy atom. The van der Waals surface area contributed by atoms with Crippen molar-refractivity contribution in [1.29, 1.82) is 0 Å². The summed E-state index contributed by atoms with van der Waals surface area (Å²) in [4.78, 5) is 46.3. The van der Waals surface area contributed by atoms with Crippen LogP contribution in [0.5, 0.6) is 0 Å². The van der Waals surface area contributed by atoms with Crippen molar-refractivity contribution in [2.45, 2.75) is 69.6 Å². The van der Waals surface area contributed by atoms with Crippen molar-refractivity contribution in [3.05, 3.63) is 64.2 Å². The van der Waals surface area contributed by atoms with Crippen molar-refractivity contribution in [3.63, 3.8) is 0 Å². The van der Waals surface area contributed by atoms with E-state index in [1.807, 2.05) is 43.0 Å². The Kier molecular flexibility index (Phi) is 7.37. The first-order valence-electron chi connectivity index (χ1n) is 14.7. The number of imide groups is 1. The summed E-state index contributed by atoms with van der Waals surface area (Å²) in [6, 6.07) is 12.6. The van der Waals surface area contributed by atoms with E-state index in [-0.39, 0.29) is 35.3 Å². The summed E-state index contributed by atoms with van der Waals surface area (Å²) in [6.45, 7) is 6.70. The molecular weight excluding hydrogens is 542 g/mol. The molecule has 0 aliphatic carbocycles. The predicted molar refractivity (Wildman–Crippen MR) is 156 cm³/mol. The van der Waals surface area contributed by atoms with E-state index < -0.39 is 5.60 Å². The molecule has 0 radical (unpaired) electrons. The van der Waals surface area contributed by atoms with Crippen molar-refractivity contribution in [2.24, 2.45) is 5.92 Å². The maximum atomic E-state index is 13.8. The molecule has 8 nitrogen and oxygen atoms in total. The molecule has 3 saturated heterocycles. The molecule has 0 bridgehead atoms. The number of hydrogen-bond acceptors (Lipinski definition) is 6. The van der Waals surface area contributed by atoms with Crippen molar-refractivity contribution in [2.75, 3.05) is 37.7 Å². The highest BCUT2D eigenvalue weighted by atomic mass is 35.5. The van der Waals surface area contributed by atoms with Gasteiger partial charge < -0.3 is 19.6 Å². The van der Waals surface area contributed by atoms with Gasteiger partial charge in [-0.2, -0.15) is 0 Å². The molecule has 218 valence electrons. The number of nitrogens with zero attached hydrogens (tertiary/aromatic N) is 3. The monoisotopic (exact) mass is 579 g/mol. The summed E-state index contributed by atoms with van der Waals surface area (Å²) in [6.07, 6.45) is 3.78. The second-order valence-corrected chi connectivity index (χ2v) is 13.0. The second-order valence-electron chi connectivity index (χ2n) is 12.6. The van der Waals surface area contributed by atoms with Gasteiger partial charge in [-0.1, -0.05) is 29.8 Å². The first-order chi connectivity index (χ1) is 19.6. The molecule has 4 heterocycles. The van der Waals surface area contributed by atoms with Gasteiger partial charge in [0.1, 0.15) is 0 Å². The van der Waals surface area contributed by atoms with E-state index in [0.717, 1.165) is 30.6 Å². The Bertz CT molecular complexity index is 1350. The molecule has 41 heavy (non-hydrogen) atoms. The molecule has 2 atom stereocenters. The molecule has 4 aliphatic rings. The third-order valence-electron chi connectivity index (χ3n) is 9.36. The third kappa shape index (κ3) is 5.26. The molecule has 3 fully saturated rings. The van der Waals surface area contributed by atoms with Gasteiger partial charge in [0.05, 0.1) is 33.9 Å². The Hall–Kier alpha value is -2.94. The number of hydrogen-bond donors (Lipinski definition) is 1. The van der Waals surface area contributed by atoms with Gasteiger partial charge in [-0.3, -0.25) is 19.3 Å². The van der Waals surface area contributed by atoms with Gasteiger partial charge in [-0.05, 0) is 82.2 Å². The van der Waals surface area contributed by atoms with Crippen LogP contribution in [0.15, 0.2) is 42.5 Å². The number of likely N-dealkylation sites (tertiary alicyclic amines) is 1. The van der Waals surface area contributed by atoms with Crippen LogP contribution >= 0.6 is 11.6 Å². The molecule has 0 spiro atoms. The van der Waals surface area contributed by atoms with Crippen LogP contribution in [-0.2, 0) is 15.1 Å². The summed E-state index contributed by atoms with van der Waals surface area (Å²) in [7, 11) is 0. The van der Waals surface area contributed by atoms with Gasteiger partial charge in [0, 0.05) is 43.9 Å². The van der Waals surface area contributed by atoms with Crippen molar-refractivity contribution in [3.8, 4) is 0 Å². The van der Waals surface area contributed by atoms with Crippen LogP contribution < -0.4 is 4.90 Å². The standard InChI is InChI=1S/C32H38ClN3O5/c1-31(2)19-24(12-18-41-31)36-29(38)25-6-3-7-26(27(25)30(36)39)35-15-4-5-21(20-35)28(37)34-16-13-32(40,14-17-34)22-8-10-23(33)11-9-22/h3,6-11,21,24,40H,4-5,12-20H2,1-2H3. The molecule has 9 heteroatoms. The lowest BCUT2D eigenvalue weighted by molar-refractivity contribution is -0.140. The van der Waals surface area contributed by atoms with E-state index in [2.05, 4.69) is 4.90 Å². The minimum Gasteiger partial charge on any atom is -0.385 e. The summed E-state index contributed by atoms with van der Waals surface area (Å²) >= 11 is 6.02. The number of aliphatic hydroxyl groups is 1. The fraction of sp³-hybridized carbons (Fsp3) is 0.531. The number of benzene rings is 2. The van der Waals surface area contributed by atoms with E-state index in [4.69, 9.17) is 16.3 Å². The zero-order valence-corrected chi connectivity index (χ0v) is 24.5. The number of amides is 3. The van der Waals surface area contributed by atoms with Gasteiger partial charge in [0.2, 0.25) is 5.91 Å². The quantitative estimate of drug-likeness (QED) is 0.532. The number of anilines is 1. The van der Waals surface area contributed by atoms with Crippen molar-refractivity contribution >= 4 is 35.0 Å². The van der Waals surface area contributed by atoms with E-state index in [1.165, 1.54) is 4.90 Å². The van der Waals surface area contributed by atoms with Crippen LogP contribution in [0.1, 0.15) is 78.7 Å². The van der Waals surface area contributed by atoms with E-state index in [9.17, 15) is 19.5 Å². The van der Waals surface area contributed by atoms with Crippen molar-refractivity contribution < 1.29 is 24.2 Å². The normalized spacial score (nSPS) is 25.8. The van der Waals surface area contributed by atoms with Gasteiger partial charge in [0.25, 0.3) is 11.8 Å². The number of carbonyl (C=O) groups is 3. The molecule has 3 amide bonds. The Morgan fingerprint density at radius 3 is 2.44 bits per heavy atom. The molecule has 6 rings (SSSR count). The van der Waals surface area contributed by atoms with Crippen LogP contribution in [-0.4, -0.2) is 77.1 Å². The number of piperidine rings is 2. The van der Waals surface area contributed by atoms with E-state index >= 15 is 0 Å². The molecule has 4 aliphatic heterocycles. The lowest BCUT2D eigenvalue weighted by Gasteiger charge is -2.41. The largest absolute Gasteiger partial charge is 0.385 e. The molecule has 0 saturated carbocycles. The predicted octanol–water partition coefficient (Wildman–Crippen LogP) is 4.62. The molecular formula is C32H38ClN3O5. The summed E-state index contributed by atoms with van der Waals surface area (Å²) in [5.74, 6) is -0.593. The molecule has 2 unspecified atom stereocenters. The summed E-state index contributed by atoms with van der Waals surface area (Å²) in [5.41, 5.74) is 1.11. The summed E-state index contributed by atoms with van der Waals surface area (Å²) < 4.78 is 5.83. The molecule has 2 aromatic carbocycles. The topological polar surface area (TPSA) is 90.4 Å². The smallest absolute Gasteiger partial charge is 0.263 e. The zero-order chi connectivity index (χ0) is 28.9. The second kappa shape index (κ2) is 10.7. The molecule has 0 aromatic heterocycles. The van der Waals surface area contributed by atoms with E-state index in [0.29, 0.717) is 68.1 Å². The highest BCUT2D eigenvalue weighted by molar-refractivity contribution is 6.30. The first kappa shape index (κ1) is 28.2. The third-order valence-corrected chi connectivity index (χ3v) is 9.61. The van der Waals surface area contributed by atoms with Gasteiger partial charge >= 0.3 is 0 Å². The lowest BCUT2D eigenvalue weighted by Crippen LogP contribution is -2.50. The van der Waals surface area contributed by atoms with Gasteiger partial charge in [0.15, 0.2) is 0 Å². The highest BCUT2D eigenvalue weighted by Crippen LogP contribution is 2.39. The van der Waals surface area contributed by atoms with Crippen LogP contribution in [0.2, 0.25) is 5.02 Å². The fourth-order valence-corrected chi connectivity index (χ4v) is 7.23. The maximum Gasteiger partial charge on any atom is 0.263 e. The highest BCUT2D eigenvalue weighted by Gasteiger charge is 2.45. The Morgan fingerprint density at radius 2 is 1.73 bits per heavy atom. The Labute approximate surface area is 246 Å². The minimum atomic E-state index is -0.969. The molecule has 2 aromatic rings. The lowest BCUT2D eigenvalue weighted by atomic mass is 9.84. The number of rotatable bonds is 4. The average Bonchev–Trinajstić information content (AvgIpc) is 3.22. The molecule has 1 N–H and O–H groups in total. The number of fused-ring (bicyclic) bond motifs is 1. The minimum absolute atomic E-state index is 0.0916. The van der Waals surface area contributed by atoms with Crippen LogP contribution in [0, 0.1) is 5.92 Å². The first-order valence-corrected chi connectivity index (χ1v) is 15.1. The van der Waals surface area contributed by atoms with Crippen LogP contribution in [0.3, 0.4) is 0 Å². The Balaban J connectivity index is 1.15. The van der Waals surface area contributed by atoms with Gasteiger partial charge in [-0.15, -0.1) is 0 Å². The maximum absolute atomic E-state index is 13.8. The van der Waals surface area contributed by atoms with Crippen molar-refractivity contribution in [1.82, 2.24) is 9.80 Å². The number of ether oxygens (including phenoxy) is 1. The zero-order valence-electron chi connectivity index (χ0n) is 23.8.